The first kappa shape index (κ1) is 23.8. The molecule has 11 heteroatoms. The number of esters is 1. The molecule has 1 N–H and O–H groups in total. The normalized spacial score (nSPS) is 14.4. The van der Waals surface area contributed by atoms with Crippen LogP contribution in [0.4, 0.5) is 5.69 Å². The Bertz CT molecular complexity index is 1080. The predicted octanol–water partition coefficient (Wildman–Crippen LogP) is 4.16. The second-order valence-electron chi connectivity index (χ2n) is 6.84. The number of hydrogen-bond acceptors (Lipinski definition) is 5. The van der Waals surface area contributed by atoms with Crippen LogP contribution in [0.5, 0.6) is 0 Å². The van der Waals surface area contributed by atoms with Gasteiger partial charge in [0.05, 0.1) is 22.0 Å². The summed E-state index contributed by atoms with van der Waals surface area (Å²) in [5.74, 6) is -1.36. The number of carbonyl (C=O) groups excluding carboxylic acids is 2. The van der Waals surface area contributed by atoms with Crippen molar-refractivity contribution in [2.24, 2.45) is 0 Å². The van der Waals surface area contributed by atoms with E-state index < -0.39 is 28.5 Å². The molecule has 0 bridgehead atoms. The molecule has 2 aromatic rings. The van der Waals surface area contributed by atoms with E-state index >= 15 is 0 Å². The number of nitrogens with one attached hydrogen (secondary N) is 1. The lowest BCUT2D eigenvalue weighted by atomic mass is 10.1. The van der Waals surface area contributed by atoms with Gasteiger partial charge in [-0.05, 0) is 43.2 Å². The topological polar surface area (TPSA) is 92.8 Å². The van der Waals surface area contributed by atoms with E-state index in [1.54, 1.807) is 18.2 Å². The van der Waals surface area contributed by atoms with Gasteiger partial charge in [-0.1, -0.05) is 40.9 Å². The van der Waals surface area contributed by atoms with Gasteiger partial charge in [0.25, 0.3) is 5.91 Å². The van der Waals surface area contributed by atoms with E-state index in [1.807, 2.05) is 0 Å². The number of hydrogen-bond donors (Lipinski definition) is 1. The molecule has 1 aliphatic rings. The van der Waals surface area contributed by atoms with Crippen LogP contribution in [0.2, 0.25) is 15.1 Å². The molecule has 1 saturated heterocycles. The highest BCUT2D eigenvalue weighted by Crippen LogP contribution is 2.28. The molecule has 1 fully saturated rings. The van der Waals surface area contributed by atoms with Crippen molar-refractivity contribution < 1.29 is 22.7 Å². The second-order valence-corrected chi connectivity index (χ2v) is 10.00. The third-order valence-corrected chi connectivity index (χ3v) is 7.59. The van der Waals surface area contributed by atoms with Crippen LogP contribution in [0.25, 0.3) is 0 Å². The van der Waals surface area contributed by atoms with Crippen LogP contribution in [-0.4, -0.2) is 44.3 Å². The lowest BCUT2D eigenvalue weighted by Gasteiger charge is -2.16. The largest absolute Gasteiger partial charge is 0.455 e. The minimum atomic E-state index is -3.67. The molecule has 7 nitrogen and oxygen atoms in total. The van der Waals surface area contributed by atoms with E-state index in [-0.39, 0.29) is 22.0 Å². The zero-order chi connectivity index (χ0) is 22.6. The molecule has 2 aromatic carbocycles. The van der Waals surface area contributed by atoms with Crippen molar-refractivity contribution in [2.45, 2.75) is 24.2 Å². The van der Waals surface area contributed by atoms with Crippen LogP contribution in [-0.2, 0) is 30.8 Å². The predicted molar refractivity (Wildman–Crippen MR) is 119 cm³/mol. The van der Waals surface area contributed by atoms with E-state index in [4.69, 9.17) is 39.5 Å². The standard InChI is InChI=1S/C20H19Cl3N2O5S/c21-15-4-3-5-16(22)14(15)11-20(27)30-12-19(26)24-18-10-13(6-7-17(18)23)31(28,29)25-8-1-2-9-25/h3-7,10H,1-2,8-9,11-12H2,(H,24,26). The summed E-state index contributed by atoms with van der Waals surface area (Å²) in [6.45, 7) is 0.330. The highest BCUT2D eigenvalue weighted by molar-refractivity contribution is 7.89. The number of benzene rings is 2. The molecule has 166 valence electrons. The van der Waals surface area contributed by atoms with Gasteiger partial charge in [-0.3, -0.25) is 9.59 Å². The summed E-state index contributed by atoms with van der Waals surface area (Å²) in [6, 6.07) is 8.90. The Kier molecular flexibility index (Phi) is 7.82. The average Bonchev–Trinajstić information content (AvgIpc) is 3.27. The Morgan fingerprint density at radius 1 is 1.00 bits per heavy atom. The number of rotatable bonds is 7. The van der Waals surface area contributed by atoms with Crippen molar-refractivity contribution in [1.82, 2.24) is 4.31 Å². The van der Waals surface area contributed by atoms with Gasteiger partial charge in [-0.2, -0.15) is 4.31 Å². The van der Waals surface area contributed by atoms with Crippen molar-refractivity contribution >= 4 is 62.4 Å². The first-order valence-electron chi connectivity index (χ1n) is 9.36. The maximum Gasteiger partial charge on any atom is 0.310 e. The van der Waals surface area contributed by atoms with Gasteiger partial charge in [-0.15, -0.1) is 0 Å². The molecule has 1 aliphatic heterocycles. The van der Waals surface area contributed by atoms with E-state index in [0.717, 1.165) is 12.8 Å². The van der Waals surface area contributed by atoms with E-state index in [0.29, 0.717) is 28.7 Å². The highest BCUT2D eigenvalue weighted by atomic mass is 35.5. The number of amides is 1. The van der Waals surface area contributed by atoms with Crippen LogP contribution < -0.4 is 5.32 Å². The lowest BCUT2D eigenvalue weighted by molar-refractivity contribution is -0.146. The molecule has 0 spiro atoms. The van der Waals surface area contributed by atoms with Crippen LogP contribution in [0, 0.1) is 0 Å². The fraction of sp³-hybridized carbons (Fsp3) is 0.300. The van der Waals surface area contributed by atoms with Gasteiger partial charge in [0.2, 0.25) is 10.0 Å². The molecule has 0 aromatic heterocycles. The molecule has 1 amide bonds. The van der Waals surface area contributed by atoms with E-state index in [9.17, 15) is 18.0 Å². The Hall–Kier alpha value is -1.84. The molecule has 0 unspecified atom stereocenters. The number of anilines is 1. The van der Waals surface area contributed by atoms with Crippen molar-refractivity contribution in [2.75, 3.05) is 25.0 Å². The van der Waals surface area contributed by atoms with Crippen molar-refractivity contribution in [3.8, 4) is 0 Å². The first-order valence-corrected chi connectivity index (χ1v) is 11.9. The molecule has 0 atom stereocenters. The van der Waals surface area contributed by atoms with Crippen molar-refractivity contribution in [1.29, 1.82) is 0 Å². The molecular formula is C20H19Cl3N2O5S. The summed E-state index contributed by atoms with van der Waals surface area (Å²) in [6.07, 6.45) is 1.42. The second kappa shape index (κ2) is 10.2. The zero-order valence-corrected chi connectivity index (χ0v) is 19.3. The molecule has 0 radical (unpaired) electrons. The zero-order valence-electron chi connectivity index (χ0n) is 16.2. The molecular weight excluding hydrogens is 487 g/mol. The van der Waals surface area contributed by atoms with Crippen LogP contribution in [0.3, 0.4) is 0 Å². The number of halogens is 3. The fourth-order valence-electron chi connectivity index (χ4n) is 3.07. The minimum Gasteiger partial charge on any atom is -0.455 e. The first-order chi connectivity index (χ1) is 14.7. The monoisotopic (exact) mass is 504 g/mol. The van der Waals surface area contributed by atoms with Gasteiger partial charge < -0.3 is 10.1 Å². The number of ether oxygens (including phenoxy) is 1. The summed E-state index contributed by atoms with van der Waals surface area (Å²) in [4.78, 5) is 24.3. The highest BCUT2D eigenvalue weighted by Gasteiger charge is 2.27. The van der Waals surface area contributed by atoms with Gasteiger partial charge in [0.15, 0.2) is 6.61 Å². The maximum atomic E-state index is 12.7. The van der Waals surface area contributed by atoms with E-state index in [1.165, 1.54) is 22.5 Å². The molecule has 0 aliphatic carbocycles. The maximum absolute atomic E-state index is 12.7. The van der Waals surface area contributed by atoms with Gasteiger partial charge in [0, 0.05) is 28.7 Å². The smallest absolute Gasteiger partial charge is 0.310 e. The summed E-state index contributed by atoms with van der Waals surface area (Å²) in [5, 5.41) is 3.26. The Morgan fingerprint density at radius 2 is 1.65 bits per heavy atom. The number of carbonyl (C=O) groups is 2. The van der Waals surface area contributed by atoms with Gasteiger partial charge in [0.1, 0.15) is 0 Å². The summed E-state index contributed by atoms with van der Waals surface area (Å²) in [5.41, 5.74) is 0.510. The average molecular weight is 506 g/mol. The molecule has 1 heterocycles. The summed E-state index contributed by atoms with van der Waals surface area (Å²) < 4.78 is 31.8. The lowest BCUT2D eigenvalue weighted by Crippen LogP contribution is -2.28. The summed E-state index contributed by atoms with van der Waals surface area (Å²) >= 11 is 18.1. The molecule has 31 heavy (non-hydrogen) atoms. The Balaban J connectivity index is 1.62. The van der Waals surface area contributed by atoms with Crippen molar-refractivity contribution in [3.63, 3.8) is 0 Å². The SMILES string of the molecule is O=C(COC(=O)Cc1c(Cl)cccc1Cl)Nc1cc(S(=O)(=O)N2CCCC2)ccc1Cl. The third kappa shape index (κ3) is 5.90. The minimum absolute atomic E-state index is 0.0273. The fourth-order valence-corrected chi connectivity index (χ4v) is 5.31. The van der Waals surface area contributed by atoms with Crippen molar-refractivity contribution in [3.05, 3.63) is 57.0 Å². The quantitative estimate of drug-likeness (QED) is 0.571. The number of nitrogens with zero attached hydrogens (tertiary/aromatic N) is 1. The Morgan fingerprint density at radius 3 is 2.29 bits per heavy atom. The third-order valence-electron chi connectivity index (χ3n) is 4.66. The van der Waals surface area contributed by atoms with E-state index in [2.05, 4.69) is 5.32 Å². The molecule has 3 rings (SSSR count). The van der Waals surface area contributed by atoms with Crippen LogP contribution >= 0.6 is 34.8 Å². The van der Waals surface area contributed by atoms with Gasteiger partial charge in [-0.25, -0.2) is 8.42 Å². The molecule has 0 saturated carbocycles. The Labute approximate surface area is 195 Å². The summed E-state index contributed by atoms with van der Waals surface area (Å²) in [7, 11) is -3.67. The van der Waals surface area contributed by atoms with Crippen LogP contribution in [0.1, 0.15) is 18.4 Å². The van der Waals surface area contributed by atoms with Gasteiger partial charge >= 0.3 is 5.97 Å². The number of sulfonamides is 1. The van der Waals surface area contributed by atoms with Crippen LogP contribution in [0.15, 0.2) is 41.3 Å².